The largest absolute Gasteiger partial charge is 0.299 e. The molecular formula is C25H23Cl2NO3S2. The summed E-state index contributed by atoms with van der Waals surface area (Å²) in [7, 11) is -3.25. The van der Waals surface area contributed by atoms with Gasteiger partial charge in [-0.2, -0.15) is 0 Å². The highest BCUT2D eigenvalue weighted by atomic mass is 35.5. The van der Waals surface area contributed by atoms with Gasteiger partial charge in [0.2, 0.25) is 0 Å². The zero-order valence-electron chi connectivity index (χ0n) is 18.1. The van der Waals surface area contributed by atoms with E-state index in [9.17, 15) is 13.2 Å². The number of hydrogen-bond acceptors (Lipinski definition) is 5. The maximum Gasteiger partial charge on any atom is 0.181 e. The van der Waals surface area contributed by atoms with Gasteiger partial charge in [0, 0.05) is 35.2 Å². The first-order valence-corrected chi connectivity index (χ1v) is 14.0. The Morgan fingerprint density at radius 2 is 1.70 bits per heavy atom. The molecule has 4 nitrogen and oxygen atoms in total. The van der Waals surface area contributed by atoms with Gasteiger partial charge >= 0.3 is 0 Å². The standard InChI is InChI=1S/C25H23Cl2NO3S2/c1-2-32-20-6-5-18(28-15-20)14-19(29)11-16-12-23(26)25(24(27)13-16)17-3-7-21(8-4-17)33(30,31)22-9-10-22/h3-8,12-13,15,22H,2,9-11,14H2,1H3. The van der Waals surface area contributed by atoms with Gasteiger partial charge in [-0.15, -0.1) is 11.8 Å². The number of carbonyl (C=O) groups excluding carboxylic acids is 1. The summed E-state index contributed by atoms with van der Waals surface area (Å²) < 4.78 is 24.8. The minimum absolute atomic E-state index is 0.0212. The van der Waals surface area contributed by atoms with Gasteiger partial charge in [-0.1, -0.05) is 42.3 Å². The lowest BCUT2D eigenvalue weighted by Crippen LogP contribution is -2.08. The molecule has 0 N–H and O–H groups in total. The predicted octanol–water partition coefficient (Wildman–Crippen LogP) is 6.46. The van der Waals surface area contributed by atoms with Crippen molar-refractivity contribution in [2.75, 3.05) is 5.75 Å². The fraction of sp³-hybridized carbons (Fsp3) is 0.280. The van der Waals surface area contributed by atoms with Gasteiger partial charge < -0.3 is 0 Å². The lowest BCUT2D eigenvalue weighted by atomic mass is 10.0. The molecule has 1 heterocycles. The molecule has 1 fully saturated rings. The molecule has 8 heteroatoms. The number of aromatic nitrogens is 1. The molecule has 1 aliphatic rings. The molecule has 0 aliphatic heterocycles. The highest BCUT2D eigenvalue weighted by Gasteiger charge is 2.36. The molecule has 0 bridgehead atoms. The van der Waals surface area contributed by atoms with E-state index in [0.29, 0.717) is 20.5 Å². The highest BCUT2D eigenvalue weighted by Crippen LogP contribution is 2.38. The van der Waals surface area contributed by atoms with Gasteiger partial charge in [0.15, 0.2) is 9.84 Å². The summed E-state index contributed by atoms with van der Waals surface area (Å²) in [4.78, 5) is 18.3. The molecular weight excluding hydrogens is 497 g/mol. The fourth-order valence-corrected chi connectivity index (χ4v) is 6.68. The summed E-state index contributed by atoms with van der Waals surface area (Å²) >= 11 is 14.8. The Balaban J connectivity index is 1.47. The second-order valence-corrected chi connectivity index (χ2v) is 12.4. The van der Waals surface area contributed by atoms with Crippen molar-refractivity contribution in [3.63, 3.8) is 0 Å². The summed E-state index contributed by atoms with van der Waals surface area (Å²) in [5.74, 6) is 0.995. The van der Waals surface area contributed by atoms with Crippen molar-refractivity contribution in [3.8, 4) is 11.1 Å². The van der Waals surface area contributed by atoms with Crippen molar-refractivity contribution >= 4 is 50.6 Å². The van der Waals surface area contributed by atoms with Gasteiger partial charge in [0.25, 0.3) is 0 Å². The minimum Gasteiger partial charge on any atom is -0.299 e. The molecule has 1 aromatic heterocycles. The molecule has 0 saturated heterocycles. The van der Waals surface area contributed by atoms with Crippen LogP contribution in [0.4, 0.5) is 0 Å². The number of thioether (sulfide) groups is 1. The fourth-order valence-electron chi connectivity index (χ4n) is 3.65. The van der Waals surface area contributed by atoms with E-state index < -0.39 is 9.84 Å². The van der Waals surface area contributed by atoms with E-state index in [-0.39, 0.29) is 23.9 Å². The zero-order chi connectivity index (χ0) is 23.6. The average Bonchev–Trinajstić information content (AvgIpc) is 3.61. The molecule has 0 radical (unpaired) electrons. The highest BCUT2D eigenvalue weighted by molar-refractivity contribution is 7.99. The molecule has 1 saturated carbocycles. The van der Waals surface area contributed by atoms with E-state index in [4.69, 9.17) is 23.2 Å². The SMILES string of the molecule is CCSc1ccc(CC(=O)Cc2cc(Cl)c(-c3ccc(S(=O)(=O)C4CC4)cc3)c(Cl)c2)nc1. The topological polar surface area (TPSA) is 64.1 Å². The number of sulfone groups is 1. The smallest absolute Gasteiger partial charge is 0.181 e. The van der Waals surface area contributed by atoms with Crippen molar-refractivity contribution in [1.29, 1.82) is 0 Å². The maximum atomic E-state index is 12.6. The van der Waals surface area contributed by atoms with Crippen LogP contribution in [0.15, 0.2) is 64.5 Å². The lowest BCUT2D eigenvalue weighted by molar-refractivity contribution is -0.117. The van der Waals surface area contributed by atoms with E-state index in [0.717, 1.165) is 40.3 Å². The normalized spacial score (nSPS) is 13.8. The van der Waals surface area contributed by atoms with Crippen LogP contribution in [0.3, 0.4) is 0 Å². The first-order valence-electron chi connectivity index (χ1n) is 10.7. The van der Waals surface area contributed by atoms with Crippen molar-refractivity contribution < 1.29 is 13.2 Å². The number of Topliss-reactive ketones (excluding diaryl/α,β-unsaturated/α-hetero) is 1. The molecule has 0 atom stereocenters. The molecule has 172 valence electrons. The third-order valence-corrected chi connectivity index (χ3v) is 9.16. The van der Waals surface area contributed by atoms with Gasteiger partial charge in [0.1, 0.15) is 5.78 Å². The molecule has 1 aliphatic carbocycles. The summed E-state index contributed by atoms with van der Waals surface area (Å²) in [6.07, 6.45) is 3.68. The van der Waals surface area contributed by atoms with Crippen LogP contribution < -0.4 is 0 Å². The van der Waals surface area contributed by atoms with Crippen LogP contribution in [-0.4, -0.2) is 30.2 Å². The molecule has 33 heavy (non-hydrogen) atoms. The zero-order valence-corrected chi connectivity index (χ0v) is 21.2. The second-order valence-electron chi connectivity index (χ2n) is 8.01. The van der Waals surface area contributed by atoms with Crippen LogP contribution in [0.5, 0.6) is 0 Å². The number of ketones is 1. The molecule has 2 aromatic carbocycles. The first kappa shape index (κ1) is 24.3. The number of nitrogens with zero attached hydrogens (tertiary/aromatic N) is 1. The van der Waals surface area contributed by atoms with Crippen molar-refractivity contribution in [2.45, 2.75) is 47.6 Å². The quantitative estimate of drug-likeness (QED) is 0.303. The summed E-state index contributed by atoms with van der Waals surface area (Å²) in [6.45, 7) is 2.08. The number of pyridine rings is 1. The Morgan fingerprint density at radius 3 is 2.24 bits per heavy atom. The third kappa shape index (κ3) is 5.80. The number of rotatable bonds is 9. The van der Waals surface area contributed by atoms with Crippen molar-refractivity contribution in [2.24, 2.45) is 0 Å². The van der Waals surface area contributed by atoms with E-state index >= 15 is 0 Å². The van der Waals surface area contributed by atoms with Crippen LogP contribution in [0.25, 0.3) is 11.1 Å². The number of benzene rings is 2. The molecule has 0 amide bonds. The maximum absolute atomic E-state index is 12.6. The Bertz CT molecular complexity index is 1250. The third-order valence-electron chi connectivity index (χ3n) is 5.42. The molecule has 4 rings (SSSR count). The second kappa shape index (κ2) is 10.2. The van der Waals surface area contributed by atoms with Crippen LogP contribution in [0.1, 0.15) is 31.0 Å². The monoisotopic (exact) mass is 519 g/mol. The van der Waals surface area contributed by atoms with Gasteiger partial charge in [-0.3, -0.25) is 9.78 Å². The number of carbonyl (C=O) groups is 1. The summed E-state index contributed by atoms with van der Waals surface area (Å²) in [5, 5.41) is 0.583. The van der Waals surface area contributed by atoms with E-state index in [2.05, 4.69) is 11.9 Å². The van der Waals surface area contributed by atoms with Gasteiger partial charge in [-0.25, -0.2) is 8.42 Å². The van der Waals surface area contributed by atoms with Crippen LogP contribution >= 0.6 is 35.0 Å². The van der Waals surface area contributed by atoms with Gasteiger partial charge in [-0.05, 0) is 66.1 Å². The van der Waals surface area contributed by atoms with Crippen molar-refractivity contribution in [1.82, 2.24) is 4.98 Å². The average molecular weight is 521 g/mol. The summed E-state index contributed by atoms with van der Waals surface area (Å²) in [6, 6.07) is 14.0. The summed E-state index contributed by atoms with van der Waals surface area (Å²) in [5.41, 5.74) is 2.81. The lowest BCUT2D eigenvalue weighted by Gasteiger charge is -2.11. The van der Waals surface area contributed by atoms with Crippen molar-refractivity contribution in [3.05, 3.63) is 76.0 Å². The van der Waals surface area contributed by atoms with Crippen LogP contribution in [0.2, 0.25) is 10.0 Å². The van der Waals surface area contributed by atoms with E-state index in [1.165, 1.54) is 0 Å². The number of hydrogen-bond donors (Lipinski definition) is 0. The Labute approximate surface area is 208 Å². The van der Waals surface area contributed by atoms with E-state index in [1.807, 2.05) is 12.1 Å². The Kier molecular flexibility index (Phi) is 7.49. The molecule has 0 unspecified atom stereocenters. The Hall–Kier alpha value is -1.86. The molecule has 3 aromatic rings. The Morgan fingerprint density at radius 1 is 1.03 bits per heavy atom. The molecule has 0 spiro atoms. The predicted molar refractivity (Wildman–Crippen MR) is 135 cm³/mol. The van der Waals surface area contributed by atoms with E-state index in [1.54, 1.807) is 54.4 Å². The van der Waals surface area contributed by atoms with Gasteiger partial charge in [0.05, 0.1) is 20.2 Å². The first-order chi connectivity index (χ1) is 15.8. The minimum atomic E-state index is -3.25. The number of halogens is 2. The van der Waals surface area contributed by atoms with Crippen LogP contribution in [0, 0.1) is 0 Å². The van der Waals surface area contributed by atoms with Crippen LogP contribution in [-0.2, 0) is 27.5 Å².